The number of benzene rings is 6. The van der Waals surface area contributed by atoms with Gasteiger partial charge in [0.1, 0.15) is 11.5 Å². The van der Waals surface area contributed by atoms with Crippen molar-refractivity contribution in [3.63, 3.8) is 0 Å². The number of hydrogen-bond acceptors (Lipinski definition) is 2. The van der Waals surface area contributed by atoms with Gasteiger partial charge in [0.15, 0.2) is 0 Å². The molecule has 2 aliphatic rings. The summed E-state index contributed by atoms with van der Waals surface area (Å²) < 4.78 is 0. The summed E-state index contributed by atoms with van der Waals surface area (Å²) in [5.41, 5.74) is 16.1. The first-order valence-corrected chi connectivity index (χ1v) is 17.1. The van der Waals surface area contributed by atoms with Crippen molar-refractivity contribution < 1.29 is 10.2 Å². The molecule has 0 saturated heterocycles. The van der Waals surface area contributed by atoms with Gasteiger partial charge in [-0.1, -0.05) is 132 Å². The summed E-state index contributed by atoms with van der Waals surface area (Å²) in [6.45, 7) is 4.32. The molecule has 0 radical (unpaired) electrons. The van der Waals surface area contributed by atoms with E-state index in [1.807, 2.05) is 12.1 Å². The predicted molar refractivity (Wildman–Crippen MR) is 199 cm³/mol. The highest BCUT2D eigenvalue weighted by Crippen LogP contribution is 2.47. The molecule has 2 unspecified atom stereocenters. The zero-order valence-corrected chi connectivity index (χ0v) is 27.7. The molecule has 0 spiro atoms. The Bertz CT molecular complexity index is 2040. The van der Waals surface area contributed by atoms with E-state index in [1.165, 1.54) is 61.2 Å². The van der Waals surface area contributed by atoms with Gasteiger partial charge in [0.05, 0.1) is 0 Å². The summed E-state index contributed by atoms with van der Waals surface area (Å²) in [6.07, 6.45) is 4.40. The topological polar surface area (TPSA) is 40.5 Å². The fraction of sp³-hybridized carbons (Fsp3) is 0.174. The normalized spacial score (nSPS) is 16.7. The standard InChI is InChI=1S/C23H22O.C23H20O/c2*1-16-7-13-22-19(15-16)10-14-21(17-5-3-2-4-6-17)23(22)18-8-11-20(24)12-9-18/h2-9,11-13,15,21,23-24H,10,14H2,1H3;2-9,11-13,15,24H,10,14H2,1H3. The van der Waals surface area contributed by atoms with Crippen LogP contribution in [0.25, 0.3) is 11.1 Å². The van der Waals surface area contributed by atoms with Gasteiger partial charge in [-0.3, -0.25) is 0 Å². The first kappa shape index (κ1) is 31.3. The number of aromatic hydroxyl groups is 2. The molecule has 0 amide bonds. The van der Waals surface area contributed by atoms with Crippen LogP contribution in [0.4, 0.5) is 0 Å². The van der Waals surface area contributed by atoms with Gasteiger partial charge in [-0.15, -0.1) is 0 Å². The summed E-state index contributed by atoms with van der Waals surface area (Å²) in [7, 11) is 0. The average Bonchev–Trinajstić information content (AvgIpc) is 3.12. The molecule has 238 valence electrons. The lowest BCUT2D eigenvalue weighted by molar-refractivity contribution is 0.473. The summed E-state index contributed by atoms with van der Waals surface area (Å²) in [5, 5.41) is 19.3. The molecule has 6 aromatic carbocycles. The molecular formula is C46H42O2. The lowest BCUT2D eigenvalue weighted by Gasteiger charge is -2.35. The van der Waals surface area contributed by atoms with Crippen molar-refractivity contribution >= 4 is 11.1 Å². The molecule has 2 heteroatoms. The van der Waals surface area contributed by atoms with Crippen LogP contribution in [0.3, 0.4) is 0 Å². The van der Waals surface area contributed by atoms with Crippen LogP contribution >= 0.6 is 0 Å². The largest absolute Gasteiger partial charge is 0.508 e. The van der Waals surface area contributed by atoms with Crippen molar-refractivity contribution in [2.45, 2.75) is 51.4 Å². The molecule has 48 heavy (non-hydrogen) atoms. The molecule has 0 heterocycles. The second-order valence-electron chi connectivity index (χ2n) is 13.3. The van der Waals surface area contributed by atoms with E-state index in [1.54, 1.807) is 24.3 Å². The van der Waals surface area contributed by atoms with E-state index in [0.29, 0.717) is 23.3 Å². The van der Waals surface area contributed by atoms with Gasteiger partial charge in [0, 0.05) is 5.92 Å². The Hall–Kier alpha value is -5.34. The molecule has 8 rings (SSSR count). The van der Waals surface area contributed by atoms with Gasteiger partial charge in [-0.25, -0.2) is 0 Å². The average molecular weight is 627 g/mol. The first-order valence-electron chi connectivity index (χ1n) is 17.1. The van der Waals surface area contributed by atoms with E-state index in [2.05, 4.69) is 123 Å². The minimum absolute atomic E-state index is 0.306. The van der Waals surface area contributed by atoms with Crippen LogP contribution in [0.15, 0.2) is 146 Å². The van der Waals surface area contributed by atoms with Crippen LogP contribution in [0.5, 0.6) is 11.5 Å². The molecule has 0 bridgehead atoms. The molecule has 0 saturated carbocycles. The molecule has 0 fully saturated rings. The van der Waals surface area contributed by atoms with Gasteiger partial charge in [0.2, 0.25) is 0 Å². The Morgan fingerprint density at radius 3 is 1.79 bits per heavy atom. The third kappa shape index (κ3) is 6.57. The molecule has 2 nitrogen and oxygen atoms in total. The maximum atomic E-state index is 9.67. The number of phenolic OH excluding ortho intramolecular Hbond substituents is 2. The quantitative estimate of drug-likeness (QED) is 0.204. The maximum absolute atomic E-state index is 9.67. The molecule has 2 aliphatic carbocycles. The first-order chi connectivity index (χ1) is 23.4. The summed E-state index contributed by atoms with van der Waals surface area (Å²) in [5.74, 6) is 1.46. The minimum Gasteiger partial charge on any atom is -0.508 e. The van der Waals surface area contributed by atoms with Crippen LogP contribution in [-0.4, -0.2) is 10.2 Å². The van der Waals surface area contributed by atoms with Crippen LogP contribution in [-0.2, 0) is 12.8 Å². The number of hydrogen-bond donors (Lipinski definition) is 2. The molecule has 6 aromatic rings. The summed E-state index contributed by atoms with van der Waals surface area (Å²) in [6, 6.07) is 50.4. The van der Waals surface area contributed by atoms with Crippen molar-refractivity contribution in [3.05, 3.63) is 201 Å². The Balaban J connectivity index is 0.000000152. The van der Waals surface area contributed by atoms with E-state index in [9.17, 15) is 10.2 Å². The van der Waals surface area contributed by atoms with E-state index in [0.717, 1.165) is 31.2 Å². The lowest BCUT2D eigenvalue weighted by Crippen LogP contribution is -2.20. The third-order valence-electron chi connectivity index (χ3n) is 9.99. The highest BCUT2D eigenvalue weighted by molar-refractivity contribution is 6.00. The van der Waals surface area contributed by atoms with E-state index >= 15 is 0 Å². The fourth-order valence-electron chi connectivity index (χ4n) is 7.71. The van der Waals surface area contributed by atoms with E-state index in [4.69, 9.17) is 0 Å². The second kappa shape index (κ2) is 13.8. The van der Waals surface area contributed by atoms with E-state index < -0.39 is 0 Å². The minimum atomic E-state index is 0.306. The van der Waals surface area contributed by atoms with Crippen LogP contribution in [0.1, 0.15) is 80.3 Å². The summed E-state index contributed by atoms with van der Waals surface area (Å²) in [4.78, 5) is 0. The van der Waals surface area contributed by atoms with Crippen LogP contribution in [0, 0.1) is 13.8 Å². The van der Waals surface area contributed by atoms with Gasteiger partial charge >= 0.3 is 0 Å². The Morgan fingerprint density at radius 1 is 0.500 bits per heavy atom. The zero-order valence-electron chi connectivity index (χ0n) is 27.7. The molecule has 0 aromatic heterocycles. The Morgan fingerprint density at radius 2 is 1.10 bits per heavy atom. The monoisotopic (exact) mass is 626 g/mol. The van der Waals surface area contributed by atoms with Crippen molar-refractivity contribution in [3.8, 4) is 11.5 Å². The van der Waals surface area contributed by atoms with Crippen molar-refractivity contribution in [1.82, 2.24) is 0 Å². The molecule has 0 aliphatic heterocycles. The van der Waals surface area contributed by atoms with Crippen LogP contribution < -0.4 is 0 Å². The van der Waals surface area contributed by atoms with Crippen molar-refractivity contribution in [2.24, 2.45) is 0 Å². The number of fused-ring (bicyclic) bond motifs is 2. The van der Waals surface area contributed by atoms with Gasteiger partial charge < -0.3 is 10.2 Å². The molecular weight excluding hydrogens is 585 g/mol. The van der Waals surface area contributed by atoms with Gasteiger partial charge in [-0.05, 0) is 125 Å². The fourth-order valence-corrected chi connectivity index (χ4v) is 7.71. The Labute approximate surface area is 284 Å². The number of allylic oxidation sites excluding steroid dienone is 1. The highest BCUT2D eigenvalue weighted by atomic mass is 16.3. The predicted octanol–water partition coefficient (Wildman–Crippen LogP) is 11.2. The third-order valence-corrected chi connectivity index (χ3v) is 9.99. The van der Waals surface area contributed by atoms with Crippen molar-refractivity contribution in [1.29, 1.82) is 0 Å². The molecule has 2 atom stereocenters. The summed E-state index contributed by atoms with van der Waals surface area (Å²) >= 11 is 0. The lowest BCUT2D eigenvalue weighted by atomic mass is 9.69. The van der Waals surface area contributed by atoms with Gasteiger partial charge in [-0.2, -0.15) is 0 Å². The van der Waals surface area contributed by atoms with Crippen molar-refractivity contribution in [2.75, 3.05) is 0 Å². The molecule has 2 N–H and O–H groups in total. The SMILES string of the molecule is Cc1ccc2c(c1)CCC(c1ccccc1)=C2c1ccc(O)cc1.Cc1ccc2c(c1)CCC(c1ccccc1)C2c1ccc(O)cc1. The number of aryl methyl sites for hydroxylation is 4. The number of rotatable bonds is 4. The smallest absolute Gasteiger partial charge is 0.115 e. The maximum Gasteiger partial charge on any atom is 0.115 e. The second-order valence-corrected chi connectivity index (χ2v) is 13.3. The Kier molecular flexibility index (Phi) is 8.99. The highest BCUT2D eigenvalue weighted by Gasteiger charge is 2.32. The number of phenols is 2. The van der Waals surface area contributed by atoms with Gasteiger partial charge in [0.25, 0.3) is 0 Å². The zero-order chi connectivity index (χ0) is 33.0. The van der Waals surface area contributed by atoms with Crippen LogP contribution in [0.2, 0.25) is 0 Å². The van der Waals surface area contributed by atoms with E-state index in [-0.39, 0.29) is 0 Å².